The molecule has 0 bridgehead atoms. The van der Waals surface area contributed by atoms with Crippen molar-refractivity contribution in [3.8, 4) is 0 Å². The number of carboxylic acids is 1. The monoisotopic (exact) mass is 383 g/mol. The molecule has 25 heavy (non-hydrogen) atoms. The fourth-order valence-electron chi connectivity index (χ4n) is 1.82. The third kappa shape index (κ3) is 6.50. The zero-order valence-corrected chi connectivity index (χ0v) is 16.0. The minimum Gasteiger partial charge on any atom is -0.481 e. The predicted octanol–water partition coefficient (Wildman–Crippen LogP) is 3.91. The average Bonchev–Trinajstić information content (AvgIpc) is 3.13. The van der Waals surface area contributed by atoms with Crippen LogP contribution in [0.3, 0.4) is 0 Å². The van der Waals surface area contributed by atoms with Gasteiger partial charge in [0.05, 0.1) is 22.4 Å². The highest BCUT2D eigenvalue weighted by Gasteiger charge is 2.19. The van der Waals surface area contributed by atoms with Gasteiger partial charge in [0.25, 0.3) is 0 Å². The molecule has 0 aliphatic heterocycles. The van der Waals surface area contributed by atoms with Gasteiger partial charge in [-0.25, -0.2) is 9.97 Å². The number of aliphatic carboxylic acids is 1. The summed E-state index contributed by atoms with van der Waals surface area (Å²) in [5.74, 6) is 0.963. The Morgan fingerprint density at radius 2 is 2.04 bits per heavy atom. The number of carbonyl (C=O) groups is 2. The molecule has 0 aliphatic carbocycles. The first-order valence-corrected chi connectivity index (χ1v) is 9.59. The Morgan fingerprint density at radius 1 is 1.28 bits per heavy atom. The SMILES string of the molecule is CC(C)(C)c1cnc(CSc2cnc(NC(=O)CCCC(=O)O)s2)o1. The number of aromatic nitrogens is 2. The third-order valence-corrected chi connectivity index (χ3v) is 5.25. The van der Waals surface area contributed by atoms with E-state index in [1.807, 2.05) is 0 Å². The molecule has 0 aliphatic rings. The van der Waals surface area contributed by atoms with Crippen molar-refractivity contribution in [3.63, 3.8) is 0 Å². The number of hydrogen-bond acceptors (Lipinski definition) is 7. The number of nitrogens with zero attached hydrogens (tertiary/aromatic N) is 2. The van der Waals surface area contributed by atoms with Gasteiger partial charge in [-0.1, -0.05) is 32.1 Å². The van der Waals surface area contributed by atoms with Gasteiger partial charge < -0.3 is 14.8 Å². The summed E-state index contributed by atoms with van der Waals surface area (Å²) >= 11 is 2.90. The highest BCUT2D eigenvalue weighted by atomic mass is 32.2. The second-order valence-corrected chi connectivity index (χ2v) is 8.74. The van der Waals surface area contributed by atoms with Crippen LogP contribution in [0.25, 0.3) is 0 Å². The largest absolute Gasteiger partial charge is 0.481 e. The Balaban J connectivity index is 1.80. The first-order valence-electron chi connectivity index (χ1n) is 7.79. The van der Waals surface area contributed by atoms with Crippen LogP contribution in [0, 0.1) is 0 Å². The normalized spacial score (nSPS) is 11.5. The van der Waals surface area contributed by atoms with E-state index < -0.39 is 5.97 Å². The summed E-state index contributed by atoms with van der Waals surface area (Å²) < 4.78 is 6.68. The van der Waals surface area contributed by atoms with Crippen molar-refractivity contribution >= 4 is 40.1 Å². The van der Waals surface area contributed by atoms with Crippen LogP contribution in [0.2, 0.25) is 0 Å². The molecule has 0 unspecified atom stereocenters. The first-order chi connectivity index (χ1) is 11.7. The van der Waals surface area contributed by atoms with Crippen molar-refractivity contribution in [2.45, 2.75) is 55.4 Å². The Kier molecular flexibility index (Phi) is 6.60. The summed E-state index contributed by atoms with van der Waals surface area (Å²) in [6.07, 6.45) is 3.91. The summed E-state index contributed by atoms with van der Waals surface area (Å²) in [6.45, 7) is 6.21. The first kappa shape index (κ1) is 19.5. The van der Waals surface area contributed by atoms with Crippen molar-refractivity contribution < 1.29 is 19.1 Å². The lowest BCUT2D eigenvalue weighted by molar-refractivity contribution is -0.137. The van der Waals surface area contributed by atoms with Gasteiger partial charge >= 0.3 is 5.97 Å². The molecule has 1 amide bonds. The lowest BCUT2D eigenvalue weighted by Gasteiger charge is -2.12. The molecule has 0 atom stereocenters. The predicted molar refractivity (Wildman–Crippen MR) is 97.0 cm³/mol. The van der Waals surface area contributed by atoms with Gasteiger partial charge in [-0.3, -0.25) is 9.59 Å². The van der Waals surface area contributed by atoms with E-state index in [-0.39, 0.29) is 24.2 Å². The van der Waals surface area contributed by atoms with E-state index in [2.05, 4.69) is 36.1 Å². The molecule has 9 heteroatoms. The van der Waals surface area contributed by atoms with Crippen LogP contribution in [0.4, 0.5) is 5.13 Å². The fourth-order valence-corrected chi connectivity index (χ4v) is 3.56. The number of amides is 1. The van der Waals surface area contributed by atoms with Gasteiger partial charge in [-0.05, 0) is 6.42 Å². The highest BCUT2D eigenvalue weighted by Crippen LogP contribution is 2.31. The van der Waals surface area contributed by atoms with E-state index in [9.17, 15) is 9.59 Å². The number of rotatable bonds is 8. The Labute approximate surface area is 154 Å². The van der Waals surface area contributed by atoms with E-state index in [0.29, 0.717) is 23.2 Å². The summed E-state index contributed by atoms with van der Waals surface area (Å²) in [7, 11) is 0. The van der Waals surface area contributed by atoms with Crippen LogP contribution in [0.15, 0.2) is 21.0 Å². The van der Waals surface area contributed by atoms with E-state index in [4.69, 9.17) is 9.52 Å². The lowest BCUT2D eigenvalue weighted by Crippen LogP contribution is -2.11. The maximum atomic E-state index is 11.7. The van der Waals surface area contributed by atoms with E-state index in [1.165, 1.54) is 23.1 Å². The van der Waals surface area contributed by atoms with Crippen LogP contribution in [0.5, 0.6) is 0 Å². The van der Waals surface area contributed by atoms with Crippen molar-refractivity contribution in [2.75, 3.05) is 5.32 Å². The molecular formula is C16H21N3O4S2. The molecule has 0 radical (unpaired) electrons. The molecule has 2 heterocycles. The van der Waals surface area contributed by atoms with Crippen molar-refractivity contribution in [2.24, 2.45) is 0 Å². The van der Waals surface area contributed by atoms with Gasteiger partial charge in [0.2, 0.25) is 11.8 Å². The molecule has 0 fully saturated rings. The van der Waals surface area contributed by atoms with Crippen LogP contribution < -0.4 is 5.32 Å². The molecule has 0 saturated carbocycles. The number of anilines is 1. The summed E-state index contributed by atoms with van der Waals surface area (Å²) in [5, 5.41) is 11.7. The smallest absolute Gasteiger partial charge is 0.303 e. The molecule has 2 aromatic heterocycles. The highest BCUT2D eigenvalue weighted by molar-refractivity contribution is 8.00. The minimum atomic E-state index is -0.901. The second kappa shape index (κ2) is 8.48. The molecule has 2 aromatic rings. The van der Waals surface area contributed by atoms with Crippen LogP contribution in [-0.2, 0) is 20.8 Å². The molecule has 2 N–H and O–H groups in total. The molecular weight excluding hydrogens is 362 g/mol. The Bertz CT molecular complexity index is 734. The van der Waals surface area contributed by atoms with Gasteiger partial charge in [-0.15, -0.1) is 11.8 Å². The molecule has 136 valence electrons. The topological polar surface area (TPSA) is 105 Å². The molecule has 0 spiro atoms. The maximum Gasteiger partial charge on any atom is 0.303 e. The van der Waals surface area contributed by atoms with Gasteiger partial charge in [-0.2, -0.15) is 0 Å². The summed E-state index contributed by atoms with van der Waals surface area (Å²) in [4.78, 5) is 30.6. The number of nitrogens with one attached hydrogen (secondary N) is 1. The fraction of sp³-hybridized carbons (Fsp3) is 0.500. The minimum absolute atomic E-state index is 0.0148. The number of oxazole rings is 1. The Hall–Kier alpha value is -1.87. The third-order valence-electron chi connectivity index (χ3n) is 3.16. The maximum absolute atomic E-state index is 11.7. The molecule has 0 saturated heterocycles. The van der Waals surface area contributed by atoms with Crippen molar-refractivity contribution in [1.29, 1.82) is 0 Å². The average molecular weight is 383 g/mol. The van der Waals surface area contributed by atoms with Gasteiger partial charge in [0.1, 0.15) is 5.76 Å². The Morgan fingerprint density at radius 3 is 2.68 bits per heavy atom. The quantitative estimate of drug-likeness (QED) is 0.666. The van der Waals surface area contributed by atoms with E-state index >= 15 is 0 Å². The number of hydrogen-bond donors (Lipinski definition) is 2. The van der Waals surface area contributed by atoms with E-state index in [0.717, 1.165) is 9.97 Å². The summed E-state index contributed by atoms with van der Waals surface area (Å²) in [6, 6.07) is 0. The number of carbonyl (C=O) groups excluding carboxylic acids is 1. The molecule has 0 aromatic carbocycles. The van der Waals surface area contributed by atoms with Gasteiger partial charge in [0, 0.05) is 18.3 Å². The van der Waals surface area contributed by atoms with Crippen LogP contribution in [0.1, 0.15) is 51.7 Å². The number of thiazole rings is 1. The lowest BCUT2D eigenvalue weighted by atomic mass is 9.94. The van der Waals surface area contributed by atoms with E-state index in [1.54, 1.807) is 12.4 Å². The zero-order valence-electron chi connectivity index (χ0n) is 14.4. The summed E-state index contributed by atoms with van der Waals surface area (Å²) in [5.41, 5.74) is -0.0709. The molecule has 2 rings (SSSR count). The number of carboxylic acid groups (broad SMARTS) is 1. The molecule has 7 nitrogen and oxygen atoms in total. The van der Waals surface area contributed by atoms with Crippen LogP contribution in [-0.4, -0.2) is 27.0 Å². The zero-order chi connectivity index (χ0) is 18.4. The van der Waals surface area contributed by atoms with Crippen LogP contribution >= 0.6 is 23.1 Å². The van der Waals surface area contributed by atoms with Crippen molar-refractivity contribution in [3.05, 3.63) is 24.0 Å². The number of thioether (sulfide) groups is 1. The van der Waals surface area contributed by atoms with Gasteiger partial charge in [0.15, 0.2) is 5.13 Å². The van der Waals surface area contributed by atoms with Crippen molar-refractivity contribution in [1.82, 2.24) is 9.97 Å². The standard InChI is InChI=1S/C16H21N3O4S2/c1-16(2,3)10-7-17-12(23-10)9-24-14-8-18-15(25-14)19-11(20)5-4-6-13(21)22/h7-8H,4-6,9H2,1-3H3,(H,21,22)(H,18,19,20). The second-order valence-electron chi connectivity index (χ2n) is 6.44.